The van der Waals surface area contributed by atoms with Gasteiger partial charge >= 0.3 is 0 Å². The summed E-state index contributed by atoms with van der Waals surface area (Å²) in [7, 11) is 0. The molecule has 2 rings (SSSR count). The number of aliphatic hydroxyl groups is 1. The number of rotatable bonds is 7. The van der Waals surface area contributed by atoms with Crippen LogP contribution in [0.4, 0.5) is 5.69 Å². The molecule has 0 spiro atoms. The number of allylic oxidation sites excluding steroid dienone is 1. The van der Waals surface area contributed by atoms with E-state index in [0.29, 0.717) is 6.54 Å². The number of nitriles is 2. The predicted molar refractivity (Wildman–Crippen MR) is 109 cm³/mol. The molecule has 0 aliphatic carbocycles. The molecule has 2 aromatic rings. The third kappa shape index (κ3) is 4.76. The van der Waals surface area contributed by atoms with E-state index in [1.807, 2.05) is 79.4 Å². The van der Waals surface area contributed by atoms with Crippen molar-refractivity contribution >= 4 is 11.8 Å². The highest BCUT2D eigenvalue weighted by Gasteiger charge is 2.31. The van der Waals surface area contributed by atoms with Gasteiger partial charge in [-0.2, -0.15) is 10.5 Å². The molecule has 0 saturated heterocycles. The van der Waals surface area contributed by atoms with E-state index < -0.39 is 5.72 Å². The van der Waals surface area contributed by atoms with Gasteiger partial charge in [-0.25, -0.2) is 0 Å². The van der Waals surface area contributed by atoms with Crippen LogP contribution in [0.3, 0.4) is 0 Å². The van der Waals surface area contributed by atoms with Gasteiger partial charge in [-0.1, -0.05) is 49.7 Å². The molecule has 138 valence electrons. The Morgan fingerprint density at radius 1 is 1.15 bits per heavy atom. The Morgan fingerprint density at radius 2 is 1.81 bits per heavy atom. The van der Waals surface area contributed by atoms with Crippen LogP contribution in [0.2, 0.25) is 0 Å². The van der Waals surface area contributed by atoms with Gasteiger partial charge in [-0.3, -0.25) is 0 Å². The van der Waals surface area contributed by atoms with Crippen LogP contribution in [-0.2, 0) is 5.72 Å². The number of benzene rings is 2. The molecule has 0 bridgehead atoms. The monoisotopic (exact) mass is 359 g/mol. The maximum atomic E-state index is 11.3. The molecule has 0 heterocycles. The van der Waals surface area contributed by atoms with Crippen LogP contribution in [0, 0.1) is 29.6 Å². The molecule has 1 atom stereocenters. The number of hydrogen-bond donors (Lipinski definition) is 1. The summed E-state index contributed by atoms with van der Waals surface area (Å²) < 4.78 is 0. The molecular formula is C23H25N3O. The first-order valence-corrected chi connectivity index (χ1v) is 9.12. The van der Waals surface area contributed by atoms with Crippen molar-refractivity contribution in [2.75, 3.05) is 11.4 Å². The first kappa shape index (κ1) is 20.2. The molecule has 2 aromatic carbocycles. The van der Waals surface area contributed by atoms with Gasteiger partial charge in [-0.05, 0) is 49.6 Å². The Balaban J connectivity index is 2.46. The van der Waals surface area contributed by atoms with E-state index in [0.717, 1.165) is 35.2 Å². The highest BCUT2D eigenvalue weighted by molar-refractivity contribution is 5.67. The van der Waals surface area contributed by atoms with Crippen molar-refractivity contribution in [3.05, 3.63) is 70.8 Å². The molecular weight excluding hydrogens is 334 g/mol. The van der Waals surface area contributed by atoms with Gasteiger partial charge in [0.1, 0.15) is 17.7 Å². The molecule has 0 amide bonds. The lowest BCUT2D eigenvalue weighted by molar-refractivity contribution is 0.0522. The van der Waals surface area contributed by atoms with Crippen molar-refractivity contribution in [1.82, 2.24) is 0 Å². The Labute approximate surface area is 161 Å². The third-order valence-electron chi connectivity index (χ3n) is 4.69. The summed E-state index contributed by atoms with van der Waals surface area (Å²) in [6.07, 6.45) is 3.57. The van der Waals surface area contributed by atoms with E-state index >= 15 is 0 Å². The topological polar surface area (TPSA) is 71.0 Å². The molecule has 0 aliphatic rings. The molecule has 27 heavy (non-hydrogen) atoms. The average Bonchev–Trinajstić information content (AvgIpc) is 2.68. The van der Waals surface area contributed by atoms with Gasteiger partial charge in [0.2, 0.25) is 0 Å². The summed E-state index contributed by atoms with van der Waals surface area (Å²) in [6.45, 7) is 6.59. The van der Waals surface area contributed by atoms with Gasteiger partial charge in [-0.15, -0.1) is 0 Å². The van der Waals surface area contributed by atoms with Crippen molar-refractivity contribution < 1.29 is 5.11 Å². The number of nitrogens with zero attached hydrogens (tertiary/aromatic N) is 3. The minimum Gasteiger partial charge on any atom is -0.367 e. The summed E-state index contributed by atoms with van der Waals surface area (Å²) in [4.78, 5) is 2.00. The molecule has 1 N–H and O–H groups in total. The fourth-order valence-electron chi connectivity index (χ4n) is 3.06. The standard InChI is InChI=1S/C23H25N3O/c1-4-5-13-26(23(3,27)21-9-7-6-8-10-21)22-12-11-20(18(2)14-22)15-19(16-24)17-25/h6-12,14-15,27H,4-5,13H2,1-3H3. The highest BCUT2D eigenvalue weighted by Crippen LogP contribution is 2.32. The summed E-state index contributed by atoms with van der Waals surface area (Å²) >= 11 is 0. The molecule has 0 aliphatic heterocycles. The molecule has 4 nitrogen and oxygen atoms in total. The van der Waals surface area contributed by atoms with Crippen LogP contribution in [0.5, 0.6) is 0 Å². The van der Waals surface area contributed by atoms with Gasteiger partial charge in [0.25, 0.3) is 0 Å². The quantitative estimate of drug-likeness (QED) is 0.564. The molecule has 4 heteroatoms. The number of anilines is 1. The fraction of sp³-hybridized carbons (Fsp3) is 0.304. The molecule has 1 unspecified atom stereocenters. The number of aryl methyl sites for hydroxylation is 1. The third-order valence-corrected chi connectivity index (χ3v) is 4.69. The minimum atomic E-state index is -1.15. The van der Waals surface area contributed by atoms with Crippen LogP contribution in [0.25, 0.3) is 6.08 Å². The lowest BCUT2D eigenvalue weighted by Crippen LogP contribution is -2.44. The summed E-state index contributed by atoms with van der Waals surface area (Å²) in [5.41, 5.74) is 2.43. The van der Waals surface area contributed by atoms with Gasteiger partial charge in [0.05, 0.1) is 0 Å². The maximum absolute atomic E-state index is 11.3. The molecule has 0 aromatic heterocycles. The maximum Gasteiger partial charge on any atom is 0.161 e. The van der Waals surface area contributed by atoms with Crippen LogP contribution >= 0.6 is 0 Å². The van der Waals surface area contributed by atoms with Crippen molar-refractivity contribution in [3.8, 4) is 12.1 Å². The van der Waals surface area contributed by atoms with Crippen molar-refractivity contribution in [1.29, 1.82) is 10.5 Å². The Hall–Kier alpha value is -3.08. The average molecular weight is 359 g/mol. The van der Waals surface area contributed by atoms with Crippen molar-refractivity contribution in [3.63, 3.8) is 0 Å². The normalized spacial score (nSPS) is 12.4. The fourth-order valence-corrected chi connectivity index (χ4v) is 3.06. The van der Waals surface area contributed by atoms with E-state index in [1.165, 1.54) is 0 Å². The minimum absolute atomic E-state index is 0.0740. The van der Waals surface area contributed by atoms with Crippen LogP contribution < -0.4 is 4.90 Å². The summed E-state index contributed by atoms with van der Waals surface area (Å²) in [6, 6.07) is 19.2. The van der Waals surface area contributed by atoms with Gasteiger partial charge in [0.15, 0.2) is 5.72 Å². The van der Waals surface area contributed by atoms with Crippen molar-refractivity contribution in [2.45, 2.75) is 39.3 Å². The van der Waals surface area contributed by atoms with E-state index in [1.54, 1.807) is 6.08 Å². The second kappa shape index (κ2) is 9.03. The Morgan fingerprint density at radius 3 is 2.37 bits per heavy atom. The number of hydrogen-bond acceptors (Lipinski definition) is 4. The first-order chi connectivity index (χ1) is 12.9. The second-order valence-electron chi connectivity index (χ2n) is 6.71. The molecule has 0 radical (unpaired) electrons. The van der Waals surface area contributed by atoms with Gasteiger partial charge in [0, 0.05) is 17.8 Å². The zero-order valence-electron chi connectivity index (χ0n) is 16.1. The smallest absolute Gasteiger partial charge is 0.161 e. The number of unbranched alkanes of at least 4 members (excludes halogenated alkanes) is 1. The second-order valence-corrected chi connectivity index (χ2v) is 6.71. The van der Waals surface area contributed by atoms with E-state index in [-0.39, 0.29) is 5.57 Å². The first-order valence-electron chi connectivity index (χ1n) is 9.12. The van der Waals surface area contributed by atoms with Crippen molar-refractivity contribution in [2.24, 2.45) is 0 Å². The predicted octanol–water partition coefficient (Wildman–Crippen LogP) is 4.90. The molecule has 0 saturated carbocycles. The van der Waals surface area contributed by atoms with E-state index in [2.05, 4.69) is 6.92 Å². The zero-order chi connectivity index (χ0) is 19.9. The SMILES string of the molecule is CCCCN(c1ccc(C=C(C#N)C#N)c(C)c1)C(C)(O)c1ccccc1. The summed E-state index contributed by atoms with van der Waals surface area (Å²) in [5, 5.41) is 29.3. The zero-order valence-corrected chi connectivity index (χ0v) is 16.1. The largest absolute Gasteiger partial charge is 0.367 e. The van der Waals surface area contributed by atoms with Crippen LogP contribution in [-0.4, -0.2) is 11.7 Å². The summed E-state index contributed by atoms with van der Waals surface area (Å²) in [5.74, 6) is 0. The van der Waals surface area contributed by atoms with Crippen LogP contribution in [0.1, 0.15) is 43.4 Å². The Kier molecular flexibility index (Phi) is 6.77. The highest BCUT2D eigenvalue weighted by atomic mass is 16.3. The van der Waals surface area contributed by atoms with E-state index in [4.69, 9.17) is 10.5 Å². The van der Waals surface area contributed by atoms with Gasteiger partial charge < -0.3 is 10.0 Å². The molecule has 0 fully saturated rings. The van der Waals surface area contributed by atoms with Crippen LogP contribution in [0.15, 0.2) is 54.1 Å². The Bertz CT molecular complexity index is 870. The lowest BCUT2D eigenvalue weighted by Gasteiger charge is -2.39. The van der Waals surface area contributed by atoms with E-state index in [9.17, 15) is 5.11 Å². The lowest BCUT2D eigenvalue weighted by atomic mass is 9.99.